The average molecular weight is 494 g/mol. The van der Waals surface area contributed by atoms with E-state index in [2.05, 4.69) is 59.5 Å². The van der Waals surface area contributed by atoms with Crippen LogP contribution in [-0.2, 0) is 23.5 Å². The summed E-state index contributed by atoms with van der Waals surface area (Å²) in [5.74, 6) is 0.401. The molecule has 0 spiro atoms. The van der Waals surface area contributed by atoms with Crippen LogP contribution in [0.2, 0.25) is 0 Å². The molecule has 0 amide bonds. The summed E-state index contributed by atoms with van der Waals surface area (Å²) in [5, 5.41) is 12.8. The number of halogens is 2. The van der Waals surface area contributed by atoms with Gasteiger partial charge in [-0.05, 0) is 55.0 Å². The Bertz CT molecular complexity index is 920. The maximum absolute atomic E-state index is 10.5. The van der Waals surface area contributed by atoms with E-state index in [4.69, 9.17) is 18.6 Å². The van der Waals surface area contributed by atoms with Gasteiger partial charge in [-0.3, -0.25) is 0 Å². The summed E-state index contributed by atoms with van der Waals surface area (Å²) in [5.41, 5.74) is 3.88. The van der Waals surface area contributed by atoms with Crippen molar-refractivity contribution in [3.8, 4) is 5.75 Å². The number of nitrogens with zero attached hydrogens (tertiary/aromatic N) is 1. The molecule has 3 aromatic rings. The Morgan fingerprint density at radius 2 is 1.47 bits per heavy atom. The molecule has 0 bridgehead atoms. The Labute approximate surface area is 198 Å². The number of benzene rings is 3. The predicted octanol–water partition coefficient (Wildman–Crippen LogP) is 5.98. The zero-order chi connectivity index (χ0) is 21.2. The second-order valence-corrected chi connectivity index (χ2v) is 11.2. The molecule has 1 aliphatic heterocycles. The van der Waals surface area contributed by atoms with Crippen LogP contribution in [0.25, 0.3) is 0 Å². The molecule has 0 saturated carbocycles. The first-order valence-electron chi connectivity index (χ1n) is 10.1. The first-order chi connectivity index (χ1) is 14.7. The van der Waals surface area contributed by atoms with Gasteiger partial charge in [-0.2, -0.15) is 0 Å². The predicted molar refractivity (Wildman–Crippen MR) is 129 cm³/mol. The zero-order valence-corrected chi connectivity index (χ0v) is 20.9. The van der Waals surface area contributed by atoms with Crippen molar-refractivity contribution in [3.63, 3.8) is 0 Å². The molecule has 6 heteroatoms. The van der Waals surface area contributed by atoms with E-state index in [1.807, 2.05) is 18.2 Å². The molecule has 2 nitrogen and oxygen atoms in total. The van der Waals surface area contributed by atoms with Crippen molar-refractivity contribution in [3.05, 3.63) is 83.9 Å². The third kappa shape index (κ3) is 7.01. The zero-order valence-electron chi connectivity index (χ0n) is 16.8. The van der Waals surface area contributed by atoms with E-state index in [1.165, 1.54) is 41.4 Å². The molecule has 1 aliphatic rings. The summed E-state index contributed by atoms with van der Waals surface area (Å²) in [6, 6.07) is 25.3. The second kappa shape index (κ2) is 12.7. The van der Waals surface area contributed by atoms with E-state index in [-0.39, 0.29) is 0 Å². The monoisotopic (exact) mass is 493 g/mol. The molecule has 1 unspecified atom stereocenters. The molecular weight excluding hydrogens is 468 g/mol. The van der Waals surface area contributed by atoms with Gasteiger partial charge >= 0.3 is 35.6 Å². The van der Waals surface area contributed by atoms with Gasteiger partial charge in [0.15, 0.2) is 0 Å². The van der Waals surface area contributed by atoms with Crippen molar-refractivity contribution in [1.82, 2.24) is 0 Å². The van der Waals surface area contributed by atoms with E-state index >= 15 is 0 Å². The fourth-order valence-corrected chi connectivity index (χ4v) is 5.07. The average Bonchev–Trinajstić information content (AvgIpc) is 2.78. The van der Waals surface area contributed by atoms with Gasteiger partial charge in [-0.1, -0.05) is 63.2 Å². The number of hydrogen-bond acceptors (Lipinski definition) is 2. The van der Waals surface area contributed by atoms with Crippen LogP contribution >= 0.6 is 27.2 Å². The maximum atomic E-state index is 10.5. The van der Waals surface area contributed by atoms with E-state index in [1.54, 1.807) is 0 Å². The van der Waals surface area contributed by atoms with E-state index in [0.29, 0.717) is 14.3 Å². The van der Waals surface area contributed by atoms with Crippen LogP contribution in [0.5, 0.6) is 5.75 Å². The molecule has 1 saturated heterocycles. The molecule has 4 rings (SSSR count). The van der Waals surface area contributed by atoms with Crippen LogP contribution in [0.15, 0.2) is 72.8 Å². The van der Waals surface area contributed by atoms with Gasteiger partial charge in [-0.25, -0.2) is 0 Å². The summed E-state index contributed by atoms with van der Waals surface area (Å²) in [6.45, 7) is 2.28. The second-order valence-electron chi connectivity index (χ2n) is 7.28. The molecule has 1 atom stereocenters. The van der Waals surface area contributed by atoms with Crippen LogP contribution in [-0.4, -0.2) is 18.2 Å². The van der Waals surface area contributed by atoms with Crippen molar-refractivity contribution in [1.29, 1.82) is 0 Å². The quantitative estimate of drug-likeness (QED) is 0.349. The van der Waals surface area contributed by atoms with Gasteiger partial charge in [0.05, 0.1) is 0 Å². The Balaban J connectivity index is 0.000000806. The summed E-state index contributed by atoms with van der Waals surface area (Å²) in [6.07, 6.45) is 4.78. The minimum atomic E-state index is -0.556. The molecule has 1 fully saturated rings. The summed E-state index contributed by atoms with van der Waals surface area (Å²) in [7, 11) is 10.2. The number of aromatic hydroxyl groups is 1. The van der Waals surface area contributed by atoms with Crippen LogP contribution < -0.4 is 15.5 Å². The molecular formula is C24H26Cl2NOPTi. The van der Waals surface area contributed by atoms with Crippen molar-refractivity contribution in [2.45, 2.75) is 25.7 Å². The van der Waals surface area contributed by atoms with Gasteiger partial charge in [0, 0.05) is 29.4 Å². The number of para-hydroxylation sites is 1. The Morgan fingerprint density at radius 3 is 2.20 bits per heavy atom. The van der Waals surface area contributed by atoms with E-state index < -0.39 is 17.0 Å². The molecule has 0 aliphatic carbocycles. The van der Waals surface area contributed by atoms with Crippen LogP contribution in [0, 0.1) is 0 Å². The van der Waals surface area contributed by atoms with Gasteiger partial charge in [0.1, 0.15) is 5.75 Å². The van der Waals surface area contributed by atoms with Crippen molar-refractivity contribution < 1.29 is 22.1 Å². The summed E-state index contributed by atoms with van der Waals surface area (Å²) >= 11 is -0.556. The number of anilines is 1. The number of hydrogen-bond donors (Lipinski definition) is 1. The number of phenolic OH excluding ortho intramolecular Hbond substituents is 1. The van der Waals surface area contributed by atoms with Gasteiger partial charge in [-0.15, -0.1) is 0 Å². The summed E-state index contributed by atoms with van der Waals surface area (Å²) in [4.78, 5) is 2.51. The molecule has 3 aromatic carbocycles. The van der Waals surface area contributed by atoms with Crippen LogP contribution in [0.4, 0.5) is 5.69 Å². The van der Waals surface area contributed by atoms with E-state index in [0.717, 1.165) is 24.8 Å². The molecule has 0 radical (unpaired) electrons. The third-order valence-corrected chi connectivity index (χ3v) is 6.54. The van der Waals surface area contributed by atoms with Crippen LogP contribution in [0.1, 0.15) is 30.4 Å². The molecule has 1 heterocycles. The number of piperidine rings is 1. The van der Waals surface area contributed by atoms with Crippen molar-refractivity contribution in [2.24, 2.45) is 0 Å². The topological polar surface area (TPSA) is 23.5 Å². The van der Waals surface area contributed by atoms with Crippen molar-refractivity contribution in [2.75, 3.05) is 18.0 Å². The molecule has 1 N–H and O–H groups in total. The van der Waals surface area contributed by atoms with Crippen molar-refractivity contribution >= 4 is 43.5 Å². The fourth-order valence-electron chi connectivity index (χ4n) is 3.76. The SMILES string of the molecule is Oc1ccc(Cc2ccccc2)cc1Pc1ccccc1N1CCCCC1.[Cl][Ti][Cl]. The van der Waals surface area contributed by atoms with Crippen LogP contribution in [0.3, 0.4) is 0 Å². The molecule has 30 heavy (non-hydrogen) atoms. The first kappa shape index (κ1) is 23.6. The normalized spacial score (nSPS) is 13.7. The Kier molecular flexibility index (Phi) is 10.0. The minimum absolute atomic E-state index is 0.401. The summed E-state index contributed by atoms with van der Waals surface area (Å²) < 4.78 is 0. The third-order valence-electron chi connectivity index (χ3n) is 5.18. The molecule has 0 aromatic heterocycles. The standard InChI is InChI=1S/C24H26NOP.2ClH.Ti/c26-22-14-13-20(17-19-9-3-1-4-10-19)18-24(22)27-23-12-6-5-11-21(23)25-15-7-2-8-16-25;;;/h1,3-6,9-14,18,26-27H,2,7-8,15-17H2;2*1H;/q;;;+2/p-2. The number of phenols is 1. The Morgan fingerprint density at radius 1 is 0.800 bits per heavy atom. The fraction of sp³-hybridized carbons (Fsp3) is 0.250. The first-order valence-corrected chi connectivity index (χ1v) is 15.4. The van der Waals surface area contributed by atoms with Gasteiger partial charge in [0.2, 0.25) is 0 Å². The molecule has 156 valence electrons. The Hall–Kier alpha value is -1.02. The van der Waals surface area contributed by atoms with Gasteiger partial charge in [0.25, 0.3) is 0 Å². The van der Waals surface area contributed by atoms with E-state index in [9.17, 15) is 5.11 Å². The number of rotatable bonds is 5. The van der Waals surface area contributed by atoms with Gasteiger partial charge < -0.3 is 10.0 Å².